The predicted octanol–water partition coefficient (Wildman–Crippen LogP) is 5.71. The summed E-state index contributed by atoms with van der Waals surface area (Å²) >= 11 is 0. The number of sulfone groups is 1. The Morgan fingerprint density at radius 1 is 0.939 bits per heavy atom. The molecule has 7 aliphatic rings. The zero-order valence-electron chi connectivity index (χ0n) is 28.9. The van der Waals surface area contributed by atoms with Crippen LogP contribution in [0.25, 0.3) is 0 Å². The summed E-state index contributed by atoms with van der Waals surface area (Å²) in [6.45, 7) is 8.16. The van der Waals surface area contributed by atoms with Gasteiger partial charge in [0.05, 0.1) is 17.3 Å². The second-order valence-corrected chi connectivity index (χ2v) is 18.4. The van der Waals surface area contributed by atoms with Crippen molar-refractivity contribution in [2.75, 3.05) is 64.4 Å². The molecule has 1 N–H and O–H groups in total. The normalized spacial score (nSPS) is 30.7. The standard InChI is InChI=1S/C39H53FN4O4S/c1-48-38(45)41-36-8-3-7-35(36)39(26-43-15-4-16-43,31-5-2-6-32(40)22-31)30-13-17-42(18-14-30)23-28-24-44(25-28)33-9-11-34(12-10-33)49(46,47)37-21-27-19-29(37)20-27/h2,5-6,9-12,22,27-30,35-37H,3-4,7-8,13-21,23-26H2,1H3,(H,41,45)/t27?,29?,35-,36-,37?,39?/m0/s1. The number of alkyl carbamates (subject to hydrolysis) is 1. The number of halogens is 1. The summed E-state index contributed by atoms with van der Waals surface area (Å²) in [6.07, 6.45) is 8.97. The van der Waals surface area contributed by atoms with E-state index in [0.29, 0.717) is 28.6 Å². The summed E-state index contributed by atoms with van der Waals surface area (Å²) in [5.41, 5.74) is 1.96. The fourth-order valence-electron chi connectivity index (χ4n) is 10.8. The van der Waals surface area contributed by atoms with Gasteiger partial charge in [0.2, 0.25) is 0 Å². The number of likely N-dealkylation sites (tertiary alicyclic amines) is 2. The maximum Gasteiger partial charge on any atom is 0.407 e. The lowest BCUT2D eigenvalue weighted by molar-refractivity contribution is 0.0223. The largest absolute Gasteiger partial charge is 0.453 e. The first-order valence-corrected chi connectivity index (χ1v) is 20.4. The number of hydrogen-bond acceptors (Lipinski definition) is 7. The van der Waals surface area contributed by atoms with Gasteiger partial charge in [-0.2, -0.15) is 0 Å². The molecule has 4 aliphatic carbocycles. The van der Waals surface area contributed by atoms with Crippen molar-refractivity contribution >= 4 is 21.6 Å². The summed E-state index contributed by atoms with van der Waals surface area (Å²) in [7, 11) is -1.80. The molecule has 2 bridgehead atoms. The third-order valence-electron chi connectivity index (χ3n) is 13.5. The fraction of sp³-hybridized carbons (Fsp3) is 0.667. The highest BCUT2D eigenvalue weighted by atomic mass is 32.2. The molecule has 7 fully saturated rings. The molecule has 0 spiro atoms. The van der Waals surface area contributed by atoms with Gasteiger partial charge in [-0.1, -0.05) is 18.6 Å². The molecule has 4 saturated carbocycles. The molecular formula is C39H53FN4O4S. The van der Waals surface area contributed by atoms with Crippen molar-refractivity contribution < 1.29 is 22.3 Å². The zero-order valence-corrected chi connectivity index (χ0v) is 29.8. The van der Waals surface area contributed by atoms with Gasteiger partial charge in [-0.15, -0.1) is 0 Å². The van der Waals surface area contributed by atoms with E-state index in [9.17, 15) is 17.6 Å². The Hall–Kier alpha value is -2.69. The van der Waals surface area contributed by atoms with Crippen molar-refractivity contribution in [2.45, 2.75) is 79.4 Å². The number of nitrogens with zero attached hydrogens (tertiary/aromatic N) is 3. The monoisotopic (exact) mass is 692 g/mol. The summed E-state index contributed by atoms with van der Waals surface area (Å²) in [5.74, 6) is 2.01. The SMILES string of the molecule is COC(=O)N[C@H]1CCC[C@@H]1C(CN1CCC1)(c1cccc(F)c1)C1CCN(CC2CN(c3ccc(S(=O)(=O)C4CC5CC4C5)cc3)C2)CC1. The first-order chi connectivity index (χ1) is 23.7. The lowest BCUT2D eigenvalue weighted by Crippen LogP contribution is -2.60. The molecule has 2 aromatic rings. The van der Waals surface area contributed by atoms with Crippen LogP contribution in [-0.4, -0.2) is 95.1 Å². The van der Waals surface area contributed by atoms with Gasteiger partial charge in [0.1, 0.15) is 5.82 Å². The molecule has 3 heterocycles. The summed E-state index contributed by atoms with van der Waals surface area (Å²) in [5, 5.41) is 3.02. The van der Waals surface area contributed by atoms with Gasteiger partial charge >= 0.3 is 6.09 Å². The van der Waals surface area contributed by atoms with Crippen LogP contribution >= 0.6 is 0 Å². The molecule has 3 aliphatic heterocycles. The van der Waals surface area contributed by atoms with Gasteiger partial charge in [-0.25, -0.2) is 17.6 Å². The number of anilines is 1. The average Bonchev–Trinajstić information content (AvgIpc) is 3.81. The Morgan fingerprint density at radius 2 is 1.69 bits per heavy atom. The molecule has 49 heavy (non-hydrogen) atoms. The van der Waals surface area contributed by atoms with Crippen molar-refractivity contribution in [2.24, 2.45) is 29.6 Å². The Labute approximate surface area is 291 Å². The van der Waals surface area contributed by atoms with E-state index in [1.165, 1.54) is 13.5 Å². The third-order valence-corrected chi connectivity index (χ3v) is 15.8. The molecule has 0 aromatic heterocycles. The molecule has 3 saturated heterocycles. The van der Waals surface area contributed by atoms with Gasteiger partial charge in [0.15, 0.2) is 9.84 Å². The van der Waals surface area contributed by atoms with Crippen molar-refractivity contribution in [3.8, 4) is 0 Å². The first-order valence-electron chi connectivity index (χ1n) is 18.9. The molecule has 4 atom stereocenters. The zero-order chi connectivity index (χ0) is 33.8. The molecule has 266 valence electrons. The van der Waals surface area contributed by atoms with Crippen LogP contribution in [-0.2, 0) is 20.0 Å². The van der Waals surface area contributed by atoms with E-state index in [1.54, 1.807) is 12.1 Å². The van der Waals surface area contributed by atoms with Crippen molar-refractivity contribution in [1.82, 2.24) is 15.1 Å². The van der Waals surface area contributed by atoms with Crippen LogP contribution in [0.2, 0.25) is 0 Å². The molecule has 1 amide bonds. The van der Waals surface area contributed by atoms with Crippen LogP contribution in [0.3, 0.4) is 0 Å². The lowest BCUT2D eigenvalue weighted by atomic mass is 9.57. The number of carbonyl (C=O) groups is 1. The second-order valence-electron chi connectivity index (χ2n) is 16.2. The predicted molar refractivity (Wildman–Crippen MR) is 189 cm³/mol. The molecular weight excluding hydrogens is 640 g/mol. The molecule has 10 heteroatoms. The number of benzene rings is 2. The van der Waals surface area contributed by atoms with E-state index in [0.717, 1.165) is 115 Å². The number of carbonyl (C=O) groups excluding carboxylic acids is 1. The van der Waals surface area contributed by atoms with E-state index >= 15 is 0 Å². The Bertz CT molecular complexity index is 1600. The number of hydrogen-bond donors (Lipinski definition) is 1. The van der Waals surface area contributed by atoms with Crippen LogP contribution in [0.1, 0.15) is 63.4 Å². The van der Waals surface area contributed by atoms with Gasteiger partial charge in [0, 0.05) is 49.2 Å². The third kappa shape index (κ3) is 6.28. The van der Waals surface area contributed by atoms with Crippen LogP contribution in [0.4, 0.5) is 14.9 Å². The molecule has 2 unspecified atom stereocenters. The number of rotatable bonds is 11. The Kier molecular flexibility index (Phi) is 9.19. The topological polar surface area (TPSA) is 82.2 Å². The quantitative estimate of drug-likeness (QED) is 0.323. The van der Waals surface area contributed by atoms with Gasteiger partial charge in [0.25, 0.3) is 0 Å². The van der Waals surface area contributed by atoms with Gasteiger partial charge in [-0.05, 0) is 143 Å². The van der Waals surface area contributed by atoms with E-state index in [2.05, 4.69) is 26.1 Å². The van der Waals surface area contributed by atoms with Crippen molar-refractivity contribution in [3.63, 3.8) is 0 Å². The number of methoxy groups -OCH3 is 1. The van der Waals surface area contributed by atoms with E-state index in [1.807, 2.05) is 30.3 Å². The minimum absolute atomic E-state index is 0.0124. The minimum Gasteiger partial charge on any atom is -0.453 e. The van der Waals surface area contributed by atoms with E-state index in [-0.39, 0.29) is 34.5 Å². The average molecular weight is 693 g/mol. The summed E-state index contributed by atoms with van der Waals surface area (Å²) in [6, 6.07) is 15.0. The maximum absolute atomic E-state index is 15.0. The maximum atomic E-state index is 15.0. The highest BCUT2D eigenvalue weighted by Gasteiger charge is 2.53. The molecule has 9 rings (SSSR count). The molecule has 8 nitrogen and oxygen atoms in total. The van der Waals surface area contributed by atoms with Crippen LogP contribution in [0.5, 0.6) is 0 Å². The summed E-state index contributed by atoms with van der Waals surface area (Å²) < 4.78 is 46.5. The van der Waals surface area contributed by atoms with Crippen molar-refractivity contribution in [3.05, 3.63) is 59.9 Å². The summed E-state index contributed by atoms with van der Waals surface area (Å²) in [4.78, 5) is 20.5. The van der Waals surface area contributed by atoms with E-state index in [4.69, 9.17) is 4.74 Å². The number of fused-ring (bicyclic) bond motifs is 1. The van der Waals surface area contributed by atoms with Crippen LogP contribution < -0.4 is 10.2 Å². The van der Waals surface area contributed by atoms with E-state index < -0.39 is 9.84 Å². The highest BCUT2D eigenvalue weighted by molar-refractivity contribution is 7.92. The van der Waals surface area contributed by atoms with Crippen LogP contribution in [0, 0.1) is 35.4 Å². The van der Waals surface area contributed by atoms with Gasteiger partial charge < -0.3 is 24.8 Å². The van der Waals surface area contributed by atoms with Crippen molar-refractivity contribution in [1.29, 1.82) is 0 Å². The lowest BCUT2D eigenvalue weighted by Gasteiger charge is -2.54. The smallest absolute Gasteiger partial charge is 0.407 e. The number of amides is 1. The Balaban J connectivity index is 0.922. The molecule has 0 radical (unpaired) electrons. The fourth-order valence-corrected chi connectivity index (χ4v) is 13.0. The second kappa shape index (κ2) is 13.5. The minimum atomic E-state index is -3.23. The number of nitrogens with one attached hydrogen (secondary N) is 1. The van der Waals surface area contributed by atoms with Crippen LogP contribution in [0.15, 0.2) is 53.4 Å². The number of piperidine rings is 1. The highest BCUT2D eigenvalue weighted by Crippen LogP contribution is 2.53. The Morgan fingerprint density at radius 3 is 2.33 bits per heavy atom. The van der Waals surface area contributed by atoms with Gasteiger partial charge in [-0.3, -0.25) is 0 Å². The number of ether oxygens (including phenoxy) is 1. The first kappa shape index (κ1) is 33.5. The molecule has 2 aromatic carbocycles.